The molecule has 0 aromatic carbocycles. The standard InChI is InChI=1S/C15H20N4O/c1-11(2)8-16-9-13-5-7-15(19-18-13)20-14-6-4-12(3)17-10-14/h4-7,10-11,16H,8-9H2,1-3H3. The molecule has 0 aliphatic carbocycles. The van der Waals surface area contributed by atoms with Gasteiger partial charge in [0.25, 0.3) is 0 Å². The zero-order chi connectivity index (χ0) is 14.4. The van der Waals surface area contributed by atoms with Gasteiger partial charge in [-0.3, -0.25) is 4.98 Å². The number of pyridine rings is 1. The van der Waals surface area contributed by atoms with Crippen LogP contribution in [0.4, 0.5) is 0 Å². The van der Waals surface area contributed by atoms with Crippen LogP contribution in [-0.4, -0.2) is 21.7 Å². The van der Waals surface area contributed by atoms with Crippen molar-refractivity contribution in [1.29, 1.82) is 0 Å². The third-order valence-corrected chi connectivity index (χ3v) is 2.66. The highest BCUT2D eigenvalue weighted by Gasteiger charge is 2.01. The van der Waals surface area contributed by atoms with E-state index in [1.807, 2.05) is 31.2 Å². The lowest BCUT2D eigenvalue weighted by atomic mass is 10.2. The van der Waals surface area contributed by atoms with E-state index in [4.69, 9.17) is 4.74 Å². The van der Waals surface area contributed by atoms with E-state index in [1.54, 1.807) is 6.20 Å². The summed E-state index contributed by atoms with van der Waals surface area (Å²) in [5.41, 5.74) is 1.86. The van der Waals surface area contributed by atoms with E-state index >= 15 is 0 Å². The highest BCUT2D eigenvalue weighted by Crippen LogP contribution is 2.17. The lowest BCUT2D eigenvalue weighted by molar-refractivity contribution is 0.450. The lowest BCUT2D eigenvalue weighted by Gasteiger charge is -2.07. The molecular weight excluding hydrogens is 252 g/mol. The Morgan fingerprint density at radius 2 is 2.00 bits per heavy atom. The van der Waals surface area contributed by atoms with E-state index < -0.39 is 0 Å². The molecule has 0 unspecified atom stereocenters. The molecule has 2 aromatic rings. The van der Waals surface area contributed by atoms with Crippen molar-refractivity contribution in [3.63, 3.8) is 0 Å². The Balaban J connectivity index is 1.89. The Morgan fingerprint density at radius 1 is 1.15 bits per heavy atom. The highest BCUT2D eigenvalue weighted by molar-refractivity contribution is 5.24. The first kappa shape index (κ1) is 14.4. The van der Waals surface area contributed by atoms with Gasteiger partial charge in [-0.25, -0.2) is 0 Å². The minimum atomic E-state index is 0.475. The molecule has 1 N–H and O–H groups in total. The molecule has 2 aromatic heterocycles. The number of ether oxygens (including phenoxy) is 1. The topological polar surface area (TPSA) is 59.9 Å². The Hall–Kier alpha value is -2.01. The SMILES string of the molecule is Cc1ccc(Oc2ccc(CNCC(C)C)nn2)cn1. The monoisotopic (exact) mass is 272 g/mol. The van der Waals surface area contributed by atoms with Crippen molar-refractivity contribution >= 4 is 0 Å². The number of aromatic nitrogens is 3. The molecule has 20 heavy (non-hydrogen) atoms. The van der Waals surface area contributed by atoms with Gasteiger partial charge in [0.2, 0.25) is 5.88 Å². The van der Waals surface area contributed by atoms with Gasteiger partial charge in [-0.05, 0) is 37.6 Å². The van der Waals surface area contributed by atoms with Crippen molar-refractivity contribution in [2.75, 3.05) is 6.54 Å². The van der Waals surface area contributed by atoms with Crippen molar-refractivity contribution in [3.05, 3.63) is 41.9 Å². The summed E-state index contributed by atoms with van der Waals surface area (Å²) in [4.78, 5) is 4.17. The van der Waals surface area contributed by atoms with Gasteiger partial charge < -0.3 is 10.1 Å². The van der Waals surface area contributed by atoms with Gasteiger partial charge >= 0.3 is 0 Å². The second kappa shape index (κ2) is 6.96. The number of nitrogens with one attached hydrogen (secondary N) is 1. The predicted molar refractivity (Wildman–Crippen MR) is 77.6 cm³/mol. The minimum absolute atomic E-state index is 0.475. The summed E-state index contributed by atoms with van der Waals surface area (Å²) in [6.45, 7) is 7.96. The number of rotatable bonds is 6. The molecule has 0 amide bonds. The van der Waals surface area contributed by atoms with Crippen molar-refractivity contribution in [2.24, 2.45) is 5.92 Å². The van der Waals surface area contributed by atoms with Crippen LogP contribution < -0.4 is 10.1 Å². The molecule has 2 rings (SSSR count). The molecule has 0 fully saturated rings. The zero-order valence-electron chi connectivity index (χ0n) is 12.1. The molecule has 5 nitrogen and oxygen atoms in total. The Morgan fingerprint density at radius 3 is 2.60 bits per heavy atom. The Bertz CT molecular complexity index is 523. The van der Waals surface area contributed by atoms with Crippen LogP contribution in [0.5, 0.6) is 11.6 Å². The van der Waals surface area contributed by atoms with Gasteiger partial charge in [0.15, 0.2) is 0 Å². The van der Waals surface area contributed by atoms with Gasteiger partial charge in [-0.2, -0.15) is 5.10 Å². The van der Waals surface area contributed by atoms with Crippen molar-refractivity contribution < 1.29 is 4.74 Å². The first-order valence-electron chi connectivity index (χ1n) is 6.77. The average Bonchev–Trinajstić information content (AvgIpc) is 2.43. The van der Waals surface area contributed by atoms with Crippen LogP contribution in [0.2, 0.25) is 0 Å². The molecule has 5 heteroatoms. The number of hydrogen-bond acceptors (Lipinski definition) is 5. The molecule has 0 aliphatic rings. The average molecular weight is 272 g/mol. The lowest BCUT2D eigenvalue weighted by Crippen LogP contribution is -2.19. The first-order valence-corrected chi connectivity index (χ1v) is 6.77. The van der Waals surface area contributed by atoms with Gasteiger partial charge in [0.1, 0.15) is 5.75 Å². The van der Waals surface area contributed by atoms with Crippen LogP contribution in [-0.2, 0) is 6.54 Å². The number of hydrogen-bond donors (Lipinski definition) is 1. The smallest absolute Gasteiger partial charge is 0.238 e. The molecule has 0 spiro atoms. The molecule has 0 bridgehead atoms. The summed E-state index contributed by atoms with van der Waals surface area (Å²) < 4.78 is 5.57. The molecule has 0 atom stereocenters. The van der Waals surface area contributed by atoms with E-state index in [0.29, 0.717) is 17.5 Å². The molecule has 0 saturated heterocycles. The summed E-state index contributed by atoms with van der Waals surface area (Å²) in [5, 5.41) is 11.5. The zero-order valence-corrected chi connectivity index (χ0v) is 12.1. The van der Waals surface area contributed by atoms with Crippen LogP contribution in [0.15, 0.2) is 30.5 Å². The minimum Gasteiger partial charge on any atom is -0.436 e. The predicted octanol–water partition coefficient (Wildman–Crippen LogP) is 2.72. The quantitative estimate of drug-likeness (QED) is 0.876. The highest BCUT2D eigenvalue weighted by atomic mass is 16.5. The summed E-state index contributed by atoms with van der Waals surface area (Å²) in [6, 6.07) is 7.49. The molecule has 0 aliphatic heterocycles. The van der Waals surface area contributed by atoms with Gasteiger partial charge in [0.05, 0.1) is 11.9 Å². The Kier molecular flexibility index (Phi) is 5.01. The van der Waals surface area contributed by atoms with Crippen LogP contribution in [0.1, 0.15) is 25.2 Å². The van der Waals surface area contributed by atoms with E-state index in [-0.39, 0.29) is 0 Å². The van der Waals surface area contributed by atoms with Crippen molar-refractivity contribution in [1.82, 2.24) is 20.5 Å². The maximum atomic E-state index is 5.57. The second-order valence-corrected chi connectivity index (χ2v) is 5.13. The molecule has 2 heterocycles. The van der Waals surface area contributed by atoms with Gasteiger partial charge in [0, 0.05) is 18.3 Å². The first-order chi connectivity index (χ1) is 9.63. The van der Waals surface area contributed by atoms with E-state index in [1.165, 1.54) is 0 Å². The summed E-state index contributed by atoms with van der Waals surface area (Å²) in [6.07, 6.45) is 1.68. The summed E-state index contributed by atoms with van der Waals surface area (Å²) >= 11 is 0. The number of aryl methyl sites for hydroxylation is 1. The van der Waals surface area contributed by atoms with E-state index in [9.17, 15) is 0 Å². The van der Waals surface area contributed by atoms with Gasteiger partial charge in [-0.15, -0.1) is 5.10 Å². The van der Waals surface area contributed by atoms with Crippen molar-refractivity contribution in [3.8, 4) is 11.6 Å². The molecular formula is C15H20N4O. The van der Waals surface area contributed by atoms with Crippen LogP contribution in [0.3, 0.4) is 0 Å². The normalized spacial score (nSPS) is 10.8. The maximum absolute atomic E-state index is 5.57. The number of nitrogens with zero attached hydrogens (tertiary/aromatic N) is 3. The molecule has 106 valence electrons. The largest absolute Gasteiger partial charge is 0.436 e. The molecule has 0 radical (unpaired) electrons. The Labute approximate surface area is 119 Å². The second-order valence-electron chi connectivity index (χ2n) is 5.13. The third kappa shape index (κ3) is 4.59. The van der Waals surface area contributed by atoms with Crippen molar-refractivity contribution in [2.45, 2.75) is 27.3 Å². The maximum Gasteiger partial charge on any atom is 0.238 e. The summed E-state index contributed by atoms with van der Waals surface area (Å²) in [7, 11) is 0. The molecule has 0 saturated carbocycles. The van der Waals surface area contributed by atoms with Gasteiger partial charge in [-0.1, -0.05) is 13.8 Å². The van der Waals surface area contributed by atoms with Crippen LogP contribution in [0.25, 0.3) is 0 Å². The summed E-state index contributed by atoms with van der Waals surface area (Å²) in [5.74, 6) is 1.76. The van der Waals surface area contributed by atoms with Crippen LogP contribution in [0, 0.1) is 12.8 Å². The fourth-order valence-electron chi connectivity index (χ4n) is 1.62. The van der Waals surface area contributed by atoms with E-state index in [2.05, 4.69) is 34.3 Å². The van der Waals surface area contributed by atoms with E-state index in [0.717, 1.165) is 24.5 Å². The van der Waals surface area contributed by atoms with Crippen LogP contribution >= 0.6 is 0 Å². The fraction of sp³-hybridized carbons (Fsp3) is 0.400. The third-order valence-electron chi connectivity index (χ3n) is 2.66. The fourth-order valence-corrected chi connectivity index (χ4v) is 1.62.